The molecule has 0 saturated heterocycles. The Morgan fingerprint density at radius 1 is 1.38 bits per heavy atom. The van der Waals surface area contributed by atoms with Crippen LogP contribution in [0.25, 0.3) is 0 Å². The van der Waals surface area contributed by atoms with Crippen LogP contribution < -0.4 is 4.74 Å². The van der Waals surface area contributed by atoms with Gasteiger partial charge in [-0.3, -0.25) is 0 Å². The summed E-state index contributed by atoms with van der Waals surface area (Å²) in [6, 6.07) is 7.85. The maximum Gasteiger partial charge on any atom is 0.188 e. The molecule has 13 heavy (non-hydrogen) atoms. The highest BCUT2D eigenvalue weighted by molar-refractivity contribution is 7.67. The Morgan fingerprint density at radius 2 is 2.15 bits per heavy atom. The Labute approximate surface area is 84.8 Å². The van der Waals surface area contributed by atoms with Crippen molar-refractivity contribution in [3.8, 4) is 5.75 Å². The number of rotatable bonds is 5. The van der Waals surface area contributed by atoms with Gasteiger partial charge in [-0.05, 0) is 19.6 Å². The van der Waals surface area contributed by atoms with E-state index in [0.29, 0.717) is 7.93 Å². The van der Waals surface area contributed by atoms with Crippen molar-refractivity contribution < 1.29 is 9.47 Å². The monoisotopic (exact) mass is 218 g/mol. The Bertz CT molecular complexity index is 255. The molecule has 0 saturated carbocycles. The second-order valence-electron chi connectivity index (χ2n) is 2.47. The molecule has 0 spiro atoms. The Hall–Kier alpha value is -0.300. The van der Waals surface area contributed by atoms with E-state index in [1.165, 1.54) is 0 Å². The fraction of sp³-hybridized carbons (Fsp3) is 0.333. The lowest BCUT2D eigenvalue weighted by atomic mass is 10.2. The number of halogens is 1. The highest BCUT2D eigenvalue weighted by atomic mass is 35.7. The highest BCUT2D eigenvalue weighted by Gasteiger charge is 2.00. The van der Waals surface area contributed by atoms with Crippen LogP contribution in [0.1, 0.15) is 5.56 Å². The lowest BCUT2D eigenvalue weighted by Gasteiger charge is -2.08. The molecule has 0 amide bonds. The summed E-state index contributed by atoms with van der Waals surface area (Å²) in [7, 11) is 1.99. The molecule has 0 aliphatic heterocycles. The van der Waals surface area contributed by atoms with Crippen molar-refractivity contribution in [3.05, 3.63) is 29.8 Å². The summed E-state index contributed by atoms with van der Waals surface area (Å²) in [4.78, 5) is 0. The van der Waals surface area contributed by atoms with Crippen molar-refractivity contribution in [2.24, 2.45) is 0 Å². The van der Waals surface area contributed by atoms with Crippen LogP contribution in [0.4, 0.5) is 0 Å². The van der Waals surface area contributed by atoms with E-state index in [4.69, 9.17) is 20.7 Å². The van der Waals surface area contributed by atoms with Gasteiger partial charge in [0, 0.05) is 13.3 Å². The molecule has 1 rings (SSSR count). The first-order valence-electron chi connectivity index (χ1n) is 3.91. The van der Waals surface area contributed by atoms with Gasteiger partial charge in [0.05, 0.1) is 0 Å². The molecule has 2 nitrogen and oxygen atoms in total. The fourth-order valence-electron chi connectivity index (χ4n) is 0.985. The van der Waals surface area contributed by atoms with E-state index in [1.807, 2.05) is 24.3 Å². The summed E-state index contributed by atoms with van der Waals surface area (Å²) in [5, 5.41) is 0. The lowest BCUT2D eigenvalue weighted by molar-refractivity contribution is 0.0506. The minimum atomic E-state index is 0.280. The summed E-state index contributed by atoms with van der Waals surface area (Å²) in [5.41, 5.74) is 1.13. The van der Waals surface area contributed by atoms with Gasteiger partial charge in [-0.2, -0.15) is 0 Å². The van der Waals surface area contributed by atoms with Crippen LogP contribution in [0.15, 0.2) is 24.3 Å². The third-order valence-electron chi connectivity index (χ3n) is 1.56. The van der Waals surface area contributed by atoms with Crippen molar-refractivity contribution in [1.82, 2.24) is 0 Å². The topological polar surface area (TPSA) is 18.5 Å². The van der Waals surface area contributed by atoms with Crippen LogP contribution >= 0.6 is 19.2 Å². The van der Waals surface area contributed by atoms with Crippen LogP contribution in [0.5, 0.6) is 5.75 Å². The molecule has 0 aliphatic carbocycles. The number of benzene rings is 1. The van der Waals surface area contributed by atoms with Crippen LogP contribution in [0, 0.1) is 0 Å². The van der Waals surface area contributed by atoms with Crippen LogP contribution in [0.2, 0.25) is 0 Å². The van der Waals surface area contributed by atoms with Crippen LogP contribution in [-0.4, -0.2) is 13.9 Å². The van der Waals surface area contributed by atoms with E-state index >= 15 is 0 Å². The quantitative estimate of drug-likeness (QED) is 0.559. The maximum absolute atomic E-state index is 5.68. The Kier molecular flexibility index (Phi) is 5.14. The van der Waals surface area contributed by atoms with E-state index in [1.54, 1.807) is 7.11 Å². The second kappa shape index (κ2) is 6.20. The van der Waals surface area contributed by atoms with E-state index in [0.717, 1.165) is 17.5 Å². The second-order valence-corrected chi connectivity index (χ2v) is 3.89. The predicted octanol–water partition coefficient (Wildman–Crippen LogP) is 3.00. The molecule has 72 valence electrons. The van der Waals surface area contributed by atoms with Crippen LogP contribution in [-0.2, 0) is 10.9 Å². The minimum Gasteiger partial charge on any atom is -0.467 e. The molecular weight excluding hydrogens is 207 g/mol. The highest BCUT2D eigenvalue weighted by Crippen LogP contribution is 2.28. The lowest BCUT2D eigenvalue weighted by Crippen LogP contribution is -2.00. The van der Waals surface area contributed by atoms with Crippen molar-refractivity contribution in [1.29, 1.82) is 0 Å². The van der Waals surface area contributed by atoms with Gasteiger partial charge >= 0.3 is 0 Å². The predicted molar refractivity (Wildman–Crippen MR) is 56.8 cm³/mol. The molecule has 0 N–H and O–H groups in total. The molecule has 1 unspecified atom stereocenters. The zero-order valence-corrected chi connectivity index (χ0v) is 9.17. The van der Waals surface area contributed by atoms with Gasteiger partial charge in [0.1, 0.15) is 5.75 Å². The van der Waals surface area contributed by atoms with E-state index in [2.05, 4.69) is 0 Å². The Balaban J connectivity index is 2.66. The standard InChI is InChI=1S/C9H12ClO2P/c1-11-7-12-9-5-3-2-4-8(9)6-13-10/h2-5,13H,6-7H2,1H3. The molecule has 0 aliphatic rings. The van der Waals surface area contributed by atoms with Gasteiger partial charge in [-0.25, -0.2) is 0 Å². The summed E-state index contributed by atoms with van der Waals surface area (Å²) in [5.74, 6) is 0.859. The molecule has 0 heterocycles. The third kappa shape index (κ3) is 3.51. The van der Waals surface area contributed by atoms with Crippen LogP contribution in [0.3, 0.4) is 0 Å². The van der Waals surface area contributed by atoms with E-state index in [-0.39, 0.29) is 6.79 Å². The average Bonchev–Trinajstić information content (AvgIpc) is 2.17. The number of hydrogen-bond donors (Lipinski definition) is 0. The molecular formula is C9H12ClO2P. The molecule has 1 atom stereocenters. The van der Waals surface area contributed by atoms with Crippen molar-refractivity contribution >= 4 is 19.2 Å². The normalized spacial score (nSPS) is 10.9. The van der Waals surface area contributed by atoms with E-state index in [9.17, 15) is 0 Å². The summed E-state index contributed by atoms with van der Waals surface area (Å²) in [6.07, 6.45) is 0.849. The van der Waals surface area contributed by atoms with E-state index < -0.39 is 0 Å². The zero-order chi connectivity index (χ0) is 9.52. The minimum absolute atomic E-state index is 0.280. The molecule has 0 radical (unpaired) electrons. The van der Waals surface area contributed by atoms with Crippen molar-refractivity contribution in [2.75, 3.05) is 13.9 Å². The molecule has 1 aromatic rings. The van der Waals surface area contributed by atoms with Crippen molar-refractivity contribution in [3.63, 3.8) is 0 Å². The van der Waals surface area contributed by atoms with Gasteiger partial charge in [-0.1, -0.05) is 29.4 Å². The molecule has 0 fully saturated rings. The molecule has 0 aromatic heterocycles. The molecule has 4 heteroatoms. The number of hydrogen-bond acceptors (Lipinski definition) is 2. The van der Waals surface area contributed by atoms with Gasteiger partial charge < -0.3 is 9.47 Å². The third-order valence-corrected chi connectivity index (χ3v) is 2.48. The maximum atomic E-state index is 5.68. The van der Waals surface area contributed by atoms with Gasteiger partial charge in [-0.15, -0.1) is 0 Å². The fourth-order valence-corrected chi connectivity index (χ4v) is 1.85. The summed E-state index contributed by atoms with van der Waals surface area (Å²) in [6.45, 7) is 0.280. The SMILES string of the molecule is COCOc1ccccc1CPCl. The number of methoxy groups -OCH3 is 1. The zero-order valence-electron chi connectivity index (χ0n) is 7.42. The van der Waals surface area contributed by atoms with Gasteiger partial charge in [0.25, 0.3) is 0 Å². The summed E-state index contributed by atoms with van der Waals surface area (Å²) < 4.78 is 10.2. The van der Waals surface area contributed by atoms with Crippen molar-refractivity contribution in [2.45, 2.75) is 6.16 Å². The largest absolute Gasteiger partial charge is 0.467 e. The number of ether oxygens (including phenoxy) is 2. The molecule has 1 aromatic carbocycles. The Morgan fingerprint density at radius 3 is 2.85 bits per heavy atom. The number of para-hydroxylation sites is 1. The smallest absolute Gasteiger partial charge is 0.188 e. The summed E-state index contributed by atoms with van der Waals surface area (Å²) >= 11 is 5.68. The first kappa shape index (κ1) is 10.8. The first-order valence-corrected chi connectivity index (χ1v) is 6.13. The average molecular weight is 219 g/mol. The van der Waals surface area contributed by atoms with Gasteiger partial charge in [0.2, 0.25) is 0 Å². The molecule has 0 bridgehead atoms. The van der Waals surface area contributed by atoms with Gasteiger partial charge in [0.15, 0.2) is 6.79 Å². The first-order chi connectivity index (χ1) is 6.38.